The summed E-state index contributed by atoms with van der Waals surface area (Å²) in [5, 5.41) is 28.9. The lowest BCUT2D eigenvalue weighted by Gasteiger charge is -2.18. The average molecular weight is 521 g/mol. The number of carboxylic acids is 1. The minimum absolute atomic E-state index is 0.0411. The van der Waals surface area contributed by atoms with Crippen molar-refractivity contribution in [3.05, 3.63) is 99.5 Å². The van der Waals surface area contributed by atoms with Crippen molar-refractivity contribution in [2.75, 3.05) is 0 Å². The molecular weight excluding hydrogens is 500 g/mol. The van der Waals surface area contributed by atoms with E-state index in [0.29, 0.717) is 22.3 Å². The third-order valence-corrected chi connectivity index (χ3v) is 6.39. The van der Waals surface area contributed by atoms with E-state index in [1.165, 1.54) is 30.3 Å². The van der Waals surface area contributed by atoms with Gasteiger partial charge in [0.15, 0.2) is 11.5 Å². The van der Waals surface area contributed by atoms with Gasteiger partial charge in [0.05, 0.1) is 23.9 Å². The molecule has 4 N–H and O–H groups in total. The minimum Gasteiger partial charge on any atom is -0.478 e. The number of amides is 2. The van der Waals surface area contributed by atoms with Gasteiger partial charge in [-0.05, 0) is 47.4 Å². The summed E-state index contributed by atoms with van der Waals surface area (Å²) in [7, 11) is 0. The highest BCUT2D eigenvalue weighted by molar-refractivity contribution is 5.98. The molecule has 1 aliphatic carbocycles. The first-order valence-electron chi connectivity index (χ1n) is 11.5. The molecule has 0 bridgehead atoms. The zero-order valence-corrected chi connectivity index (χ0v) is 19.9. The number of nitrogens with zero attached hydrogens (tertiary/aromatic N) is 3. The highest BCUT2D eigenvalue weighted by atomic mass is 19.1. The van der Waals surface area contributed by atoms with Gasteiger partial charge < -0.3 is 20.8 Å². The first kappa shape index (κ1) is 25.0. The lowest BCUT2D eigenvalue weighted by molar-refractivity contribution is 0.0696. The summed E-state index contributed by atoms with van der Waals surface area (Å²) < 4.78 is 28.9. The van der Waals surface area contributed by atoms with E-state index < -0.39 is 35.7 Å². The molecule has 0 radical (unpaired) electrons. The summed E-state index contributed by atoms with van der Waals surface area (Å²) in [6.45, 7) is 1.63. The van der Waals surface area contributed by atoms with Crippen molar-refractivity contribution in [1.82, 2.24) is 25.2 Å². The number of nitrogens with one attached hydrogen (secondary N) is 2. The van der Waals surface area contributed by atoms with Crippen LogP contribution in [0, 0.1) is 18.6 Å². The van der Waals surface area contributed by atoms with Gasteiger partial charge in [0.1, 0.15) is 17.2 Å². The van der Waals surface area contributed by atoms with Crippen LogP contribution in [0.5, 0.6) is 0 Å². The van der Waals surface area contributed by atoms with Gasteiger partial charge in [-0.25, -0.2) is 23.1 Å². The highest BCUT2D eigenvalue weighted by Gasteiger charge is 2.34. The molecule has 0 fully saturated rings. The number of aliphatic hydroxyl groups is 1. The number of rotatable bonds is 6. The quantitative estimate of drug-likeness (QED) is 0.305. The Balaban J connectivity index is 1.41. The topological polar surface area (TPSA) is 146 Å². The SMILES string of the molecule is Cc1cc(CNC(=O)c2cc(C(=O)N[C@@H]3c4ccc(C(=O)O)cc4C[C@H]3O)n3ncc(F)c3n2)ccc1F. The third kappa shape index (κ3) is 4.57. The Labute approximate surface area is 213 Å². The number of aromatic nitrogens is 3. The molecule has 2 atom stereocenters. The molecule has 2 aromatic carbocycles. The molecule has 12 heteroatoms. The average Bonchev–Trinajstić information content (AvgIpc) is 3.42. The molecule has 2 aromatic heterocycles. The number of fused-ring (bicyclic) bond motifs is 2. The summed E-state index contributed by atoms with van der Waals surface area (Å²) in [6, 6.07) is 8.97. The molecule has 10 nitrogen and oxygen atoms in total. The normalized spacial score (nSPS) is 16.3. The van der Waals surface area contributed by atoms with Gasteiger partial charge in [0.25, 0.3) is 11.8 Å². The van der Waals surface area contributed by atoms with E-state index >= 15 is 0 Å². The molecule has 0 aliphatic heterocycles. The molecular formula is C26H21F2N5O5. The van der Waals surface area contributed by atoms with Gasteiger partial charge in [0, 0.05) is 19.0 Å². The lowest BCUT2D eigenvalue weighted by atomic mass is 10.0. The van der Waals surface area contributed by atoms with Crippen LogP contribution in [0.1, 0.15) is 59.6 Å². The van der Waals surface area contributed by atoms with Crippen LogP contribution in [0.25, 0.3) is 5.65 Å². The highest BCUT2D eigenvalue weighted by Crippen LogP contribution is 2.32. The summed E-state index contributed by atoms with van der Waals surface area (Å²) in [6.07, 6.45) is -0.0541. The van der Waals surface area contributed by atoms with Crippen molar-refractivity contribution in [2.24, 2.45) is 0 Å². The molecule has 1 aliphatic rings. The maximum atomic E-state index is 14.4. The number of hydrogen-bond acceptors (Lipinski definition) is 6. The monoisotopic (exact) mass is 521 g/mol. The summed E-state index contributed by atoms with van der Waals surface area (Å²) >= 11 is 0. The van der Waals surface area contributed by atoms with Crippen molar-refractivity contribution in [1.29, 1.82) is 0 Å². The fourth-order valence-electron chi connectivity index (χ4n) is 4.46. The van der Waals surface area contributed by atoms with Gasteiger partial charge in [-0.3, -0.25) is 9.59 Å². The van der Waals surface area contributed by atoms with Gasteiger partial charge >= 0.3 is 5.97 Å². The fourth-order valence-corrected chi connectivity index (χ4v) is 4.46. The number of carbonyl (C=O) groups is 3. The maximum Gasteiger partial charge on any atom is 0.335 e. The van der Waals surface area contributed by atoms with E-state index in [0.717, 1.165) is 16.8 Å². The molecule has 4 aromatic rings. The van der Waals surface area contributed by atoms with Crippen molar-refractivity contribution in [2.45, 2.75) is 32.0 Å². The molecule has 0 saturated carbocycles. The number of benzene rings is 2. The fraction of sp³-hybridized carbons (Fsp3) is 0.192. The number of hydrogen-bond donors (Lipinski definition) is 4. The van der Waals surface area contributed by atoms with Crippen molar-refractivity contribution in [3.8, 4) is 0 Å². The van der Waals surface area contributed by atoms with Crippen molar-refractivity contribution >= 4 is 23.4 Å². The van der Waals surface area contributed by atoms with Crippen LogP contribution in [-0.2, 0) is 13.0 Å². The molecule has 0 unspecified atom stereocenters. The predicted molar refractivity (Wildman–Crippen MR) is 129 cm³/mol. The Bertz CT molecular complexity index is 1620. The zero-order chi connectivity index (χ0) is 27.1. The van der Waals surface area contributed by atoms with E-state index in [9.17, 15) is 33.4 Å². The molecule has 38 heavy (non-hydrogen) atoms. The summed E-state index contributed by atoms with van der Waals surface area (Å²) in [5.41, 5.74) is 1.40. The molecule has 2 amide bonds. The number of aliphatic hydroxyl groups excluding tert-OH is 1. The number of aryl methyl sites for hydroxylation is 1. The van der Waals surface area contributed by atoms with Gasteiger partial charge in [-0.1, -0.05) is 18.2 Å². The Kier molecular flexibility index (Phi) is 6.33. The predicted octanol–water partition coefficient (Wildman–Crippen LogP) is 2.33. The van der Waals surface area contributed by atoms with Crippen LogP contribution in [0.3, 0.4) is 0 Å². The smallest absolute Gasteiger partial charge is 0.335 e. The zero-order valence-electron chi connectivity index (χ0n) is 19.9. The Hall–Kier alpha value is -4.71. The standard InChI is InChI=1S/C26H21F2N5O5/c1-12-6-13(2-5-17(12)27)10-29-24(35)19-9-20(33-23(31-19)18(28)11-30-33)25(36)32-22-16-4-3-14(26(37)38)7-15(16)8-21(22)34/h2-7,9,11,21-22,34H,8,10H2,1H3,(H,29,35)(H,32,36)(H,37,38)/t21-,22-/m1/s1. The number of carbonyl (C=O) groups excluding carboxylic acids is 2. The second-order valence-corrected chi connectivity index (χ2v) is 8.96. The van der Waals surface area contributed by atoms with Crippen molar-refractivity contribution < 1.29 is 33.4 Å². The van der Waals surface area contributed by atoms with Gasteiger partial charge in [0.2, 0.25) is 0 Å². The second kappa shape index (κ2) is 9.63. The maximum absolute atomic E-state index is 14.4. The molecule has 194 valence electrons. The van der Waals surface area contributed by atoms with Crippen LogP contribution in [0.2, 0.25) is 0 Å². The van der Waals surface area contributed by atoms with E-state index in [-0.39, 0.29) is 41.4 Å². The van der Waals surface area contributed by atoms with Crippen LogP contribution < -0.4 is 10.6 Å². The van der Waals surface area contributed by atoms with E-state index in [4.69, 9.17) is 0 Å². The Morgan fingerprint density at radius 2 is 1.87 bits per heavy atom. The van der Waals surface area contributed by atoms with Crippen LogP contribution >= 0.6 is 0 Å². The minimum atomic E-state index is -1.12. The lowest BCUT2D eigenvalue weighted by Crippen LogP contribution is -2.35. The molecule has 5 rings (SSSR count). The summed E-state index contributed by atoms with van der Waals surface area (Å²) in [4.78, 5) is 41.4. The Morgan fingerprint density at radius 3 is 2.61 bits per heavy atom. The third-order valence-electron chi connectivity index (χ3n) is 6.39. The number of aromatic carboxylic acids is 1. The van der Waals surface area contributed by atoms with E-state index in [2.05, 4.69) is 20.7 Å². The first-order valence-corrected chi connectivity index (χ1v) is 11.5. The first-order chi connectivity index (χ1) is 18.1. The largest absolute Gasteiger partial charge is 0.478 e. The Morgan fingerprint density at radius 1 is 1.08 bits per heavy atom. The van der Waals surface area contributed by atoms with E-state index in [1.54, 1.807) is 13.0 Å². The van der Waals surface area contributed by atoms with Gasteiger partial charge in [-0.15, -0.1) is 0 Å². The van der Waals surface area contributed by atoms with Crippen LogP contribution in [-0.4, -0.2) is 48.7 Å². The van der Waals surface area contributed by atoms with E-state index in [1.807, 2.05) is 0 Å². The van der Waals surface area contributed by atoms with Crippen LogP contribution in [0.15, 0.2) is 48.7 Å². The number of carboxylic acid groups (broad SMARTS) is 1. The second-order valence-electron chi connectivity index (χ2n) is 8.96. The van der Waals surface area contributed by atoms with Crippen LogP contribution in [0.4, 0.5) is 8.78 Å². The van der Waals surface area contributed by atoms with Gasteiger partial charge in [-0.2, -0.15) is 5.10 Å². The summed E-state index contributed by atoms with van der Waals surface area (Å²) in [5.74, 6) is -3.80. The molecule has 0 spiro atoms. The molecule has 2 heterocycles. The molecule has 0 saturated heterocycles. The van der Waals surface area contributed by atoms with Crippen molar-refractivity contribution in [3.63, 3.8) is 0 Å². The number of halogens is 2.